The molecule has 3 heterocycles. The van der Waals surface area contributed by atoms with Gasteiger partial charge in [-0.1, -0.05) is 6.07 Å². The average molecular weight is 216 g/mol. The molecule has 2 aromatic rings. The molecule has 5 heteroatoms. The van der Waals surface area contributed by atoms with Crippen LogP contribution in [0.4, 0.5) is 5.82 Å². The molecule has 0 radical (unpaired) electrons. The molecule has 0 aliphatic carbocycles. The van der Waals surface area contributed by atoms with Crippen LogP contribution in [0.3, 0.4) is 0 Å². The Hall–Kier alpha value is -1.88. The fourth-order valence-electron chi connectivity index (χ4n) is 2.11. The number of carbonyl (C=O) groups is 1. The van der Waals surface area contributed by atoms with Crippen molar-refractivity contribution in [2.24, 2.45) is 5.73 Å². The van der Waals surface area contributed by atoms with Gasteiger partial charge >= 0.3 is 0 Å². The highest BCUT2D eigenvalue weighted by Gasteiger charge is 2.29. The predicted octanol–water partition coefficient (Wildman–Crippen LogP) is 0.398. The zero-order valence-corrected chi connectivity index (χ0v) is 8.71. The first-order chi connectivity index (χ1) is 7.75. The molecule has 1 saturated heterocycles. The van der Waals surface area contributed by atoms with Crippen molar-refractivity contribution in [3.05, 3.63) is 30.6 Å². The van der Waals surface area contributed by atoms with Crippen LogP contribution in [0.5, 0.6) is 0 Å². The molecule has 0 saturated carbocycles. The van der Waals surface area contributed by atoms with Crippen LogP contribution in [-0.4, -0.2) is 27.9 Å². The van der Waals surface area contributed by atoms with Gasteiger partial charge in [-0.05, 0) is 12.1 Å². The van der Waals surface area contributed by atoms with Crippen molar-refractivity contribution in [1.29, 1.82) is 0 Å². The topological polar surface area (TPSA) is 63.6 Å². The second kappa shape index (κ2) is 3.31. The van der Waals surface area contributed by atoms with Crippen LogP contribution in [-0.2, 0) is 4.79 Å². The van der Waals surface area contributed by atoms with E-state index in [4.69, 9.17) is 5.73 Å². The zero-order valence-electron chi connectivity index (χ0n) is 8.71. The molecule has 3 rings (SSSR count). The van der Waals surface area contributed by atoms with E-state index >= 15 is 0 Å². The van der Waals surface area contributed by atoms with Gasteiger partial charge in [0.05, 0.1) is 0 Å². The number of hydrogen-bond acceptors (Lipinski definition) is 3. The van der Waals surface area contributed by atoms with E-state index < -0.39 is 0 Å². The maximum absolute atomic E-state index is 11.8. The van der Waals surface area contributed by atoms with E-state index in [9.17, 15) is 4.79 Å². The Morgan fingerprint density at radius 1 is 1.44 bits per heavy atom. The summed E-state index contributed by atoms with van der Waals surface area (Å²) in [7, 11) is 0. The standard InChI is InChI=1S/C11H12N4O/c12-8-6-11(16)15(7-8)10-3-1-2-9-13-4-5-14(9)10/h1-5,8H,6-7,12H2. The number of carbonyl (C=O) groups excluding carboxylic acids is 1. The van der Waals surface area contributed by atoms with Crippen LogP contribution < -0.4 is 10.6 Å². The minimum absolute atomic E-state index is 0.0636. The molecule has 82 valence electrons. The molecule has 1 atom stereocenters. The number of nitrogens with zero attached hydrogens (tertiary/aromatic N) is 3. The predicted molar refractivity (Wildman–Crippen MR) is 60.1 cm³/mol. The Morgan fingerprint density at radius 3 is 3.06 bits per heavy atom. The summed E-state index contributed by atoms with van der Waals surface area (Å²) in [6, 6.07) is 5.65. The van der Waals surface area contributed by atoms with Gasteiger partial charge in [0.25, 0.3) is 0 Å². The van der Waals surface area contributed by atoms with Gasteiger partial charge in [-0.15, -0.1) is 0 Å². The first kappa shape index (κ1) is 9.35. The van der Waals surface area contributed by atoms with Crippen molar-refractivity contribution in [3.63, 3.8) is 0 Å². The van der Waals surface area contributed by atoms with Crippen molar-refractivity contribution in [2.45, 2.75) is 12.5 Å². The van der Waals surface area contributed by atoms with Gasteiger partial charge in [0.1, 0.15) is 11.5 Å². The molecule has 2 aromatic heterocycles. The first-order valence-electron chi connectivity index (χ1n) is 5.24. The zero-order chi connectivity index (χ0) is 11.1. The lowest BCUT2D eigenvalue weighted by Gasteiger charge is -2.17. The number of imidazole rings is 1. The molecule has 2 N–H and O–H groups in total. The molecular formula is C11H12N4O. The summed E-state index contributed by atoms with van der Waals surface area (Å²) in [5.41, 5.74) is 6.62. The number of nitrogens with two attached hydrogens (primary N) is 1. The number of fused-ring (bicyclic) bond motifs is 1. The van der Waals surface area contributed by atoms with E-state index in [0.717, 1.165) is 11.5 Å². The van der Waals surface area contributed by atoms with Crippen molar-refractivity contribution in [3.8, 4) is 0 Å². The summed E-state index contributed by atoms with van der Waals surface area (Å²) in [6.45, 7) is 0.579. The molecular weight excluding hydrogens is 204 g/mol. The SMILES string of the molecule is NC1CC(=O)N(c2cccc3nccn23)C1. The van der Waals surface area contributed by atoms with E-state index in [2.05, 4.69) is 4.98 Å². The highest BCUT2D eigenvalue weighted by molar-refractivity contribution is 5.95. The molecule has 1 amide bonds. The van der Waals surface area contributed by atoms with Gasteiger partial charge in [0.15, 0.2) is 0 Å². The summed E-state index contributed by atoms with van der Waals surface area (Å²) in [4.78, 5) is 17.7. The largest absolute Gasteiger partial charge is 0.326 e. The first-order valence-corrected chi connectivity index (χ1v) is 5.24. The second-order valence-corrected chi connectivity index (χ2v) is 4.01. The monoisotopic (exact) mass is 216 g/mol. The van der Waals surface area contributed by atoms with Crippen LogP contribution >= 0.6 is 0 Å². The van der Waals surface area contributed by atoms with E-state index in [0.29, 0.717) is 13.0 Å². The Morgan fingerprint density at radius 2 is 2.31 bits per heavy atom. The fraction of sp³-hybridized carbons (Fsp3) is 0.273. The number of anilines is 1. The van der Waals surface area contributed by atoms with E-state index in [1.807, 2.05) is 28.8 Å². The third kappa shape index (κ3) is 1.29. The van der Waals surface area contributed by atoms with Gasteiger partial charge in [-0.2, -0.15) is 0 Å². The quantitative estimate of drug-likeness (QED) is 0.750. The van der Waals surface area contributed by atoms with Gasteiger partial charge in [0.2, 0.25) is 5.91 Å². The minimum Gasteiger partial charge on any atom is -0.326 e. The highest BCUT2D eigenvalue weighted by Crippen LogP contribution is 2.21. The van der Waals surface area contributed by atoms with Crippen molar-refractivity contribution < 1.29 is 4.79 Å². The van der Waals surface area contributed by atoms with Crippen LogP contribution in [0.2, 0.25) is 0 Å². The lowest BCUT2D eigenvalue weighted by Crippen LogP contribution is -2.29. The number of pyridine rings is 1. The van der Waals surface area contributed by atoms with E-state index in [1.165, 1.54) is 0 Å². The smallest absolute Gasteiger partial charge is 0.229 e. The lowest BCUT2D eigenvalue weighted by molar-refractivity contribution is -0.117. The van der Waals surface area contributed by atoms with E-state index in [-0.39, 0.29) is 11.9 Å². The summed E-state index contributed by atoms with van der Waals surface area (Å²) in [5.74, 6) is 0.918. The molecule has 0 bridgehead atoms. The number of amides is 1. The maximum Gasteiger partial charge on any atom is 0.229 e. The molecule has 5 nitrogen and oxygen atoms in total. The molecule has 0 spiro atoms. The average Bonchev–Trinajstić information content (AvgIpc) is 2.84. The Bertz CT molecular complexity index is 548. The van der Waals surface area contributed by atoms with Crippen LogP contribution in [0, 0.1) is 0 Å². The number of aromatic nitrogens is 2. The molecule has 1 aliphatic rings. The third-order valence-corrected chi connectivity index (χ3v) is 2.84. The number of rotatable bonds is 1. The summed E-state index contributed by atoms with van der Waals surface area (Å²) < 4.78 is 1.90. The molecule has 1 aliphatic heterocycles. The molecule has 16 heavy (non-hydrogen) atoms. The summed E-state index contributed by atoms with van der Waals surface area (Å²) >= 11 is 0. The summed E-state index contributed by atoms with van der Waals surface area (Å²) in [5, 5.41) is 0. The van der Waals surface area contributed by atoms with E-state index in [1.54, 1.807) is 11.1 Å². The van der Waals surface area contributed by atoms with Crippen molar-refractivity contribution >= 4 is 17.4 Å². The normalized spacial score (nSPS) is 20.9. The minimum atomic E-state index is -0.0636. The second-order valence-electron chi connectivity index (χ2n) is 4.01. The summed E-state index contributed by atoms with van der Waals surface area (Å²) in [6.07, 6.45) is 3.99. The fourth-order valence-corrected chi connectivity index (χ4v) is 2.11. The van der Waals surface area contributed by atoms with Gasteiger partial charge in [-0.25, -0.2) is 4.98 Å². The van der Waals surface area contributed by atoms with Gasteiger partial charge in [0, 0.05) is 31.4 Å². The highest BCUT2D eigenvalue weighted by atomic mass is 16.2. The third-order valence-electron chi connectivity index (χ3n) is 2.84. The van der Waals surface area contributed by atoms with Crippen LogP contribution in [0.25, 0.3) is 5.65 Å². The Kier molecular flexibility index (Phi) is 1.94. The van der Waals surface area contributed by atoms with Gasteiger partial charge < -0.3 is 5.73 Å². The molecule has 0 aromatic carbocycles. The van der Waals surface area contributed by atoms with Crippen molar-refractivity contribution in [1.82, 2.24) is 9.38 Å². The van der Waals surface area contributed by atoms with Crippen molar-refractivity contribution in [2.75, 3.05) is 11.4 Å². The maximum atomic E-state index is 11.8. The number of hydrogen-bond donors (Lipinski definition) is 1. The lowest BCUT2D eigenvalue weighted by atomic mass is 10.3. The molecule has 1 fully saturated rings. The Labute approximate surface area is 92.5 Å². The van der Waals surface area contributed by atoms with Crippen LogP contribution in [0.1, 0.15) is 6.42 Å². The van der Waals surface area contributed by atoms with Gasteiger partial charge in [-0.3, -0.25) is 14.1 Å². The Balaban J connectivity index is 2.12. The van der Waals surface area contributed by atoms with Crippen LogP contribution in [0.15, 0.2) is 30.6 Å². The molecule has 1 unspecified atom stereocenters.